The van der Waals surface area contributed by atoms with E-state index < -0.39 is 0 Å². The van der Waals surface area contributed by atoms with Crippen molar-refractivity contribution in [2.45, 2.75) is 6.61 Å². The normalized spacial score (nSPS) is 10.8. The smallest absolute Gasteiger partial charge is 0.126 e. The zero-order chi connectivity index (χ0) is 13.2. The first-order chi connectivity index (χ1) is 9.22. The van der Waals surface area contributed by atoms with Crippen LogP contribution in [0.5, 0.6) is 5.75 Å². The third-order valence-electron chi connectivity index (χ3n) is 2.81. The van der Waals surface area contributed by atoms with Gasteiger partial charge in [0.1, 0.15) is 24.0 Å². The Bertz CT molecular complexity index is 721. The van der Waals surface area contributed by atoms with E-state index in [0.29, 0.717) is 12.4 Å². The monoisotopic (exact) mass is 276 g/mol. The summed E-state index contributed by atoms with van der Waals surface area (Å²) in [6, 6.07) is 10.7. The van der Waals surface area contributed by atoms with Crippen molar-refractivity contribution in [2.24, 2.45) is 0 Å². The molecule has 1 nitrogen and oxygen atoms in total. The molecule has 0 aliphatic carbocycles. The van der Waals surface area contributed by atoms with Crippen LogP contribution in [0.25, 0.3) is 10.1 Å². The summed E-state index contributed by atoms with van der Waals surface area (Å²) in [5.41, 5.74) is 0.906. The van der Waals surface area contributed by atoms with Crippen LogP contribution in [-0.2, 0) is 6.61 Å². The van der Waals surface area contributed by atoms with E-state index >= 15 is 0 Å². The zero-order valence-corrected chi connectivity index (χ0v) is 10.7. The van der Waals surface area contributed by atoms with Gasteiger partial charge in [0.2, 0.25) is 0 Å². The van der Waals surface area contributed by atoms with Crippen LogP contribution in [0.15, 0.2) is 47.8 Å². The lowest BCUT2D eigenvalue weighted by molar-refractivity contribution is 0.306. The summed E-state index contributed by atoms with van der Waals surface area (Å²) in [6.07, 6.45) is 0. The first kappa shape index (κ1) is 12.1. The molecule has 0 saturated heterocycles. The summed E-state index contributed by atoms with van der Waals surface area (Å²) in [5, 5.41) is 2.78. The maximum absolute atomic E-state index is 13.2. The van der Waals surface area contributed by atoms with Crippen molar-refractivity contribution in [3.8, 4) is 5.75 Å². The van der Waals surface area contributed by atoms with Gasteiger partial charge in [-0.25, -0.2) is 8.78 Å². The van der Waals surface area contributed by atoms with Gasteiger partial charge < -0.3 is 4.74 Å². The van der Waals surface area contributed by atoms with Gasteiger partial charge in [0.25, 0.3) is 0 Å². The highest BCUT2D eigenvalue weighted by atomic mass is 32.1. The van der Waals surface area contributed by atoms with Crippen LogP contribution < -0.4 is 4.74 Å². The molecule has 0 spiro atoms. The number of rotatable bonds is 3. The second-order valence-corrected chi connectivity index (χ2v) is 5.06. The van der Waals surface area contributed by atoms with E-state index in [1.807, 2.05) is 5.38 Å². The minimum absolute atomic E-state index is 0.266. The first-order valence-electron chi connectivity index (χ1n) is 5.76. The van der Waals surface area contributed by atoms with E-state index in [9.17, 15) is 8.78 Å². The number of hydrogen-bond donors (Lipinski definition) is 0. The highest BCUT2D eigenvalue weighted by Gasteiger charge is 2.06. The largest absolute Gasteiger partial charge is 0.489 e. The van der Waals surface area contributed by atoms with Crippen molar-refractivity contribution < 1.29 is 13.5 Å². The molecule has 4 heteroatoms. The van der Waals surface area contributed by atoms with Crippen LogP contribution in [0.4, 0.5) is 8.78 Å². The molecule has 0 N–H and O–H groups in total. The molecule has 0 radical (unpaired) electrons. The Hall–Kier alpha value is -1.94. The molecule has 0 amide bonds. The molecule has 0 unspecified atom stereocenters. The molecule has 0 aliphatic heterocycles. The third kappa shape index (κ3) is 2.58. The molecule has 96 valence electrons. The van der Waals surface area contributed by atoms with Gasteiger partial charge in [0.05, 0.1) is 0 Å². The van der Waals surface area contributed by atoms with Crippen molar-refractivity contribution >= 4 is 21.4 Å². The van der Waals surface area contributed by atoms with E-state index in [0.717, 1.165) is 15.6 Å². The van der Waals surface area contributed by atoms with E-state index in [-0.39, 0.29) is 11.6 Å². The van der Waals surface area contributed by atoms with Gasteiger partial charge in [0.15, 0.2) is 0 Å². The van der Waals surface area contributed by atoms with Gasteiger partial charge in [-0.15, -0.1) is 11.3 Å². The molecule has 1 heterocycles. The van der Waals surface area contributed by atoms with Gasteiger partial charge in [-0.05, 0) is 35.7 Å². The van der Waals surface area contributed by atoms with Crippen molar-refractivity contribution in [2.75, 3.05) is 0 Å². The van der Waals surface area contributed by atoms with Crippen LogP contribution in [0.2, 0.25) is 0 Å². The summed E-state index contributed by atoms with van der Waals surface area (Å²) in [5.74, 6) is -0.132. The molecule has 3 aromatic rings. The zero-order valence-electron chi connectivity index (χ0n) is 9.90. The molecular formula is C15H10F2OS. The average Bonchev–Trinajstić information content (AvgIpc) is 2.79. The highest BCUT2D eigenvalue weighted by molar-refractivity contribution is 7.17. The topological polar surface area (TPSA) is 9.23 Å². The fourth-order valence-electron chi connectivity index (χ4n) is 1.88. The van der Waals surface area contributed by atoms with E-state index in [2.05, 4.69) is 0 Å². The lowest BCUT2D eigenvalue weighted by Crippen LogP contribution is -1.94. The van der Waals surface area contributed by atoms with Crippen molar-refractivity contribution in [3.05, 3.63) is 65.0 Å². The molecule has 0 atom stereocenters. The summed E-state index contributed by atoms with van der Waals surface area (Å²) in [7, 11) is 0. The first-order valence-corrected chi connectivity index (χ1v) is 6.64. The Balaban J connectivity index is 1.84. The van der Waals surface area contributed by atoms with Crippen LogP contribution in [-0.4, -0.2) is 0 Å². The number of ether oxygens (including phenoxy) is 1. The minimum atomic E-state index is -0.335. The van der Waals surface area contributed by atoms with Crippen molar-refractivity contribution in [3.63, 3.8) is 0 Å². The third-order valence-corrected chi connectivity index (χ3v) is 3.82. The second-order valence-electron chi connectivity index (χ2n) is 4.15. The van der Waals surface area contributed by atoms with Crippen LogP contribution in [0.3, 0.4) is 0 Å². The Morgan fingerprint density at radius 3 is 2.68 bits per heavy atom. The number of thiophene rings is 1. The number of hydrogen-bond acceptors (Lipinski definition) is 2. The van der Waals surface area contributed by atoms with E-state index in [4.69, 9.17) is 4.74 Å². The van der Waals surface area contributed by atoms with Crippen molar-refractivity contribution in [1.29, 1.82) is 0 Å². The van der Waals surface area contributed by atoms with Gasteiger partial charge >= 0.3 is 0 Å². The predicted molar refractivity (Wildman–Crippen MR) is 72.5 cm³/mol. The molecule has 0 bridgehead atoms. The maximum atomic E-state index is 13.2. The molecule has 0 saturated carbocycles. The number of fused-ring (bicyclic) bond motifs is 1. The summed E-state index contributed by atoms with van der Waals surface area (Å²) in [4.78, 5) is 0. The average molecular weight is 276 g/mol. The Morgan fingerprint density at radius 2 is 1.84 bits per heavy atom. The molecule has 1 aromatic heterocycles. The molecule has 0 fully saturated rings. The Morgan fingerprint density at radius 1 is 1.00 bits per heavy atom. The van der Waals surface area contributed by atoms with E-state index in [1.165, 1.54) is 24.3 Å². The summed E-state index contributed by atoms with van der Waals surface area (Å²) >= 11 is 1.54. The van der Waals surface area contributed by atoms with Gasteiger partial charge in [-0.3, -0.25) is 0 Å². The van der Waals surface area contributed by atoms with Gasteiger partial charge in [0, 0.05) is 21.7 Å². The fraction of sp³-hybridized carbons (Fsp3) is 0.0667. The molecule has 2 aromatic carbocycles. The van der Waals surface area contributed by atoms with E-state index in [1.54, 1.807) is 29.5 Å². The Kier molecular flexibility index (Phi) is 3.17. The van der Waals surface area contributed by atoms with Gasteiger partial charge in [-0.2, -0.15) is 0 Å². The highest BCUT2D eigenvalue weighted by Crippen LogP contribution is 2.27. The second kappa shape index (κ2) is 4.97. The van der Waals surface area contributed by atoms with Gasteiger partial charge in [-0.1, -0.05) is 6.07 Å². The lowest BCUT2D eigenvalue weighted by Gasteiger charge is -2.05. The predicted octanol–water partition coefficient (Wildman–Crippen LogP) is 4.76. The minimum Gasteiger partial charge on any atom is -0.489 e. The van der Waals surface area contributed by atoms with Crippen LogP contribution >= 0.6 is 11.3 Å². The molecule has 3 rings (SSSR count). The standard InChI is InChI=1S/C15H10F2OS/c16-11-2-1-3-13(6-11)18-8-10-9-19-15-5-4-12(17)7-14(10)15/h1-7,9H,8H2. The summed E-state index contributed by atoms with van der Waals surface area (Å²) in [6.45, 7) is 0.299. The number of halogens is 2. The fourth-order valence-corrected chi connectivity index (χ4v) is 2.81. The van der Waals surface area contributed by atoms with Crippen LogP contribution in [0, 0.1) is 11.6 Å². The lowest BCUT2D eigenvalue weighted by atomic mass is 10.2. The summed E-state index contributed by atoms with van der Waals surface area (Å²) < 4.78 is 32.8. The van der Waals surface area contributed by atoms with Crippen molar-refractivity contribution in [1.82, 2.24) is 0 Å². The molecule has 19 heavy (non-hydrogen) atoms. The molecular weight excluding hydrogens is 266 g/mol. The maximum Gasteiger partial charge on any atom is 0.126 e. The van der Waals surface area contributed by atoms with Crippen LogP contribution in [0.1, 0.15) is 5.56 Å². The molecule has 0 aliphatic rings. The SMILES string of the molecule is Fc1cccc(OCc2csc3ccc(F)cc23)c1. The quantitative estimate of drug-likeness (QED) is 0.670. The Labute approximate surface area is 113 Å². The number of benzene rings is 2.